The van der Waals surface area contributed by atoms with Crippen molar-refractivity contribution in [2.45, 2.75) is 26.4 Å². The molecule has 4 heteroatoms. The van der Waals surface area contributed by atoms with Crippen LogP contribution in [0.5, 0.6) is 0 Å². The van der Waals surface area contributed by atoms with E-state index in [0.29, 0.717) is 18.1 Å². The quantitative estimate of drug-likeness (QED) is 0.669. The minimum absolute atomic E-state index is 0.0305. The number of rotatable bonds is 4. The molecule has 3 nitrogen and oxygen atoms in total. The smallest absolute Gasteiger partial charge is 0.191 e. The molecule has 2 aromatic carbocycles. The van der Waals surface area contributed by atoms with E-state index in [9.17, 15) is 4.39 Å². The molecule has 0 aliphatic rings. The average Bonchev–Trinajstić information content (AvgIpc) is 2.54. The van der Waals surface area contributed by atoms with Gasteiger partial charge in [-0.15, -0.1) is 0 Å². The Morgan fingerprint density at radius 3 is 2.55 bits per heavy atom. The summed E-state index contributed by atoms with van der Waals surface area (Å²) in [6, 6.07) is 15.4. The third-order valence-electron chi connectivity index (χ3n) is 3.58. The van der Waals surface area contributed by atoms with Gasteiger partial charge in [0, 0.05) is 13.6 Å². The van der Waals surface area contributed by atoms with Crippen LogP contribution in [0.4, 0.5) is 4.39 Å². The molecule has 0 spiro atoms. The monoisotopic (exact) mass is 299 g/mol. The number of nitrogens with zero attached hydrogens (tertiary/aromatic N) is 1. The van der Waals surface area contributed by atoms with Crippen LogP contribution in [0, 0.1) is 12.7 Å². The molecule has 2 aromatic rings. The first-order valence-corrected chi connectivity index (χ1v) is 7.37. The number of halogens is 1. The van der Waals surface area contributed by atoms with Crippen LogP contribution in [0.3, 0.4) is 0 Å². The molecule has 0 fully saturated rings. The van der Waals surface area contributed by atoms with Gasteiger partial charge in [0.25, 0.3) is 0 Å². The summed E-state index contributed by atoms with van der Waals surface area (Å²) in [5.41, 5.74) is 2.73. The van der Waals surface area contributed by atoms with E-state index >= 15 is 0 Å². The van der Waals surface area contributed by atoms with Crippen molar-refractivity contribution < 1.29 is 4.39 Å². The van der Waals surface area contributed by atoms with Gasteiger partial charge in [0.15, 0.2) is 5.96 Å². The van der Waals surface area contributed by atoms with E-state index in [1.807, 2.05) is 31.2 Å². The highest BCUT2D eigenvalue weighted by Crippen LogP contribution is 2.16. The lowest BCUT2D eigenvalue weighted by atomic mass is 10.1. The number of aryl methyl sites for hydroxylation is 1. The summed E-state index contributed by atoms with van der Waals surface area (Å²) in [5.74, 6) is 0.510. The maximum absolute atomic E-state index is 13.7. The lowest BCUT2D eigenvalue weighted by molar-refractivity contribution is 0.607. The molecule has 0 aliphatic carbocycles. The number of hydrogen-bond donors (Lipinski definition) is 2. The summed E-state index contributed by atoms with van der Waals surface area (Å²) in [7, 11) is 1.72. The topological polar surface area (TPSA) is 36.4 Å². The van der Waals surface area contributed by atoms with Crippen LogP contribution in [0.25, 0.3) is 0 Å². The molecule has 0 aliphatic heterocycles. The fourth-order valence-corrected chi connectivity index (χ4v) is 2.14. The molecule has 0 aromatic heterocycles. The van der Waals surface area contributed by atoms with Crippen molar-refractivity contribution in [1.29, 1.82) is 0 Å². The Balaban J connectivity index is 1.96. The van der Waals surface area contributed by atoms with Crippen molar-refractivity contribution in [3.8, 4) is 0 Å². The molecule has 2 rings (SSSR count). The number of benzene rings is 2. The Morgan fingerprint density at radius 1 is 1.18 bits per heavy atom. The van der Waals surface area contributed by atoms with E-state index in [1.54, 1.807) is 26.1 Å². The molecule has 0 radical (unpaired) electrons. The second-order valence-electron chi connectivity index (χ2n) is 5.29. The van der Waals surface area contributed by atoms with Gasteiger partial charge in [-0.2, -0.15) is 0 Å². The Kier molecular flexibility index (Phi) is 5.53. The SMILES string of the molecule is CN=C(NCc1ccccc1)NC(C)c1ccc(C)c(F)c1. The molecule has 0 saturated carbocycles. The summed E-state index contributed by atoms with van der Waals surface area (Å²) >= 11 is 0. The third kappa shape index (κ3) is 4.32. The molecule has 116 valence electrons. The maximum Gasteiger partial charge on any atom is 0.191 e. The predicted octanol–water partition coefficient (Wildman–Crippen LogP) is 3.56. The summed E-state index contributed by atoms with van der Waals surface area (Å²) in [6.07, 6.45) is 0. The van der Waals surface area contributed by atoms with Gasteiger partial charge in [-0.25, -0.2) is 4.39 Å². The zero-order valence-corrected chi connectivity index (χ0v) is 13.2. The molecule has 1 unspecified atom stereocenters. The lowest BCUT2D eigenvalue weighted by Crippen LogP contribution is -2.38. The van der Waals surface area contributed by atoms with Gasteiger partial charge in [-0.05, 0) is 36.6 Å². The normalized spacial score (nSPS) is 12.8. The van der Waals surface area contributed by atoms with E-state index in [-0.39, 0.29) is 11.9 Å². The van der Waals surface area contributed by atoms with E-state index in [1.165, 1.54) is 5.56 Å². The zero-order chi connectivity index (χ0) is 15.9. The Bertz CT molecular complexity index is 638. The number of guanidine groups is 1. The third-order valence-corrected chi connectivity index (χ3v) is 3.58. The van der Waals surface area contributed by atoms with Crippen LogP contribution in [0.1, 0.15) is 29.7 Å². The first-order valence-electron chi connectivity index (χ1n) is 7.37. The van der Waals surface area contributed by atoms with E-state index < -0.39 is 0 Å². The van der Waals surface area contributed by atoms with Crippen LogP contribution in [-0.4, -0.2) is 13.0 Å². The molecular weight excluding hydrogens is 277 g/mol. The standard InChI is InChI=1S/C18H22FN3/c1-13-9-10-16(11-17(13)19)14(2)22-18(20-3)21-12-15-7-5-4-6-8-15/h4-11,14H,12H2,1-3H3,(H2,20,21,22). The molecule has 2 N–H and O–H groups in total. The average molecular weight is 299 g/mol. The second-order valence-corrected chi connectivity index (χ2v) is 5.29. The highest BCUT2D eigenvalue weighted by molar-refractivity contribution is 5.80. The maximum atomic E-state index is 13.7. The van der Waals surface area contributed by atoms with Crippen molar-refractivity contribution in [1.82, 2.24) is 10.6 Å². The van der Waals surface area contributed by atoms with Crippen molar-refractivity contribution in [2.75, 3.05) is 7.05 Å². The van der Waals surface area contributed by atoms with Crippen molar-refractivity contribution in [3.05, 3.63) is 71.0 Å². The fraction of sp³-hybridized carbons (Fsp3) is 0.278. The Morgan fingerprint density at radius 2 is 1.91 bits per heavy atom. The molecule has 1 atom stereocenters. The summed E-state index contributed by atoms with van der Waals surface area (Å²) in [4.78, 5) is 4.21. The number of nitrogens with one attached hydrogen (secondary N) is 2. The highest BCUT2D eigenvalue weighted by Gasteiger charge is 2.09. The van der Waals surface area contributed by atoms with Crippen molar-refractivity contribution in [3.63, 3.8) is 0 Å². The van der Waals surface area contributed by atoms with E-state index in [0.717, 1.165) is 5.56 Å². The molecule has 22 heavy (non-hydrogen) atoms. The van der Waals surface area contributed by atoms with Crippen molar-refractivity contribution in [2.24, 2.45) is 4.99 Å². The van der Waals surface area contributed by atoms with E-state index in [2.05, 4.69) is 27.8 Å². The van der Waals surface area contributed by atoms with Crippen LogP contribution in [-0.2, 0) is 6.54 Å². The minimum Gasteiger partial charge on any atom is -0.352 e. The van der Waals surface area contributed by atoms with Gasteiger partial charge in [-0.1, -0.05) is 42.5 Å². The molecule has 0 amide bonds. The molecule has 0 saturated heterocycles. The fourth-order valence-electron chi connectivity index (χ4n) is 2.14. The highest BCUT2D eigenvalue weighted by atomic mass is 19.1. The van der Waals surface area contributed by atoms with Gasteiger partial charge >= 0.3 is 0 Å². The number of hydrogen-bond acceptors (Lipinski definition) is 1. The van der Waals surface area contributed by atoms with Crippen LogP contribution in [0.2, 0.25) is 0 Å². The lowest BCUT2D eigenvalue weighted by Gasteiger charge is -2.18. The Labute approximate surface area is 131 Å². The van der Waals surface area contributed by atoms with Gasteiger partial charge in [0.2, 0.25) is 0 Å². The first-order chi connectivity index (χ1) is 10.6. The van der Waals surface area contributed by atoms with Crippen LogP contribution in [0.15, 0.2) is 53.5 Å². The molecule has 0 heterocycles. The predicted molar refractivity (Wildman–Crippen MR) is 89.3 cm³/mol. The number of aliphatic imine (C=N–C) groups is 1. The summed E-state index contributed by atoms with van der Waals surface area (Å²) in [5, 5.41) is 6.53. The van der Waals surface area contributed by atoms with Crippen LogP contribution < -0.4 is 10.6 Å². The molecular formula is C18H22FN3. The summed E-state index contributed by atoms with van der Waals surface area (Å²) < 4.78 is 13.7. The molecule has 0 bridgehead atoms. The van der Waals surface area contributed by atoms with E-state index in [4.69, 9.17) is 0 Å². The van der Waals surface area contributed by atoms with Crippen molar-refractivity contribution >= 4 is 5.96 Å². The Hall–Kier alpha value is -2.36. The summed E-state index contributed by atoms with van der Waals surface area (Å²) in [6.45, 7) is 4.44. The van der Waals surface area contributed by atoms with Gasteiger partial charge in [0.05, 0.1) is 6.04 Å². The first kappa shape index (κ1) is 16.0. The largest absolute Gasteiger partial charge is 0.352 e. The van der Waals surface area contributed by atoms with Crippen LogP contribution >= 0.6 is 0 Å². The van der Waals surface area contributed by atoms with Gasteiger partial charge in [-0.3, -0.25) is 4.99 Å². The van der Waals surface area contributed by atoms with Gasteiger partial charge < -0.3 is 10.6 Å². The minimum atomic E-state index is -0.182. The zero-order valence-electron chi connectivity index (χ0n) is 13.2. The van der Waals surface area contributed by atoms with Gasteiger partial charge in [0.1, 0.15) is 5.82 Å². The second kappa shape index (κ2) is 7.59.